The van der Waals surface area contributed by atoms with Crippen molar-refractivity contribution >= 4 is 5.82 Å². The molecule has 1 aromatic rings. The fraction of sp³-hybridized carbons (Fsp3) is 0.667. The van der Waals surface area contributed by atoms with E-state index in [2.05, 4.69) is 21.8 Å². The first-order valence-corrected chi connectivity index (χ1v) is 4.73. The summed E-state index contributed by atoms with van der Waals surface area (Å²) < 4.78 is 1.92. The van der Waals surface area contributed by atoms with Crippen LogP contribution in [0.5, 0.6) is 0 Å². The van der Waals surface area contributed by atoms with Gasteiger partial charge in [0.15, 0.2) is 0 Å². The van der Waals surface area contributed by atoms with E-state index in [1.165, 1.54) is 18.5 Å². The van der Waals surface area contributed by atoms with Crippen LogP contribution in [0.4, 0.5) is 5.82 Å². The Morgan fingerprint density at radius 1 is 1.62 bits per heavy atom. The molecule has 1 aliphatic rings. The molecular formula is C9H16N4. The fourth-order valence-electron chi connectivity index (χ4n) is 1.36. The van der Waals surface area contributed by atoms with E-state index in [-0.39, 0.29) is 0 Å². The van der Waals surface area contributed by atoms with Crippen LogP contribution in [0.25, 0.3) is 0 Å². The van der Waals surface area contributed by atoms with Crippen LogP contribution in [0, 0.1) is 0 Å². The minimum atomic E-state index is 0.678. The molecule has 1 aromatic heterocycles. The van der Waals surface area contributed by atoms with Crippen LogP contribution >= 0.6 is 0 Å². The second-order valence-corrected chi connectivity index (χ2v) is 3.59. The lowest BCUT2D eigenvalue weighted by molar-refractivity contribution is 0.673. The maximum Gasteiger partial charge on any atom is 0.148 e. The van der Waals surface area contributed by atoms with Crippen LogP contribution in [-0.4, -0.2) is 22.9 Å². The van der Waals surface area contributed by atoms with E-state index < -0.39 is 0 Å². The molecule has 0 radical (unpaired) electrons. The first-order valence-electron chi connectivity index (χ1n) is 4.73. The van der Waals surface area contributed by atoms with Gasteiger partial charge in [-0.1, -0.05) is 0 Å². The molecule has 0 aromatic carbocycles. The molecule has 4 heteroatoms. The maximum atomic E-state index is 4.37. The quantitative estimate of drug-likeness (QED) is 0.717. The lowest BCUT2D eigenvalue weighted by atomic mass is 10.4. The molecule has 2 N–H and O–H groups in total. The number of rotatable bonds is 4. The average molecular weight is 180 g/mol. The third-order valence-corrected chi connectivity index (χ3v) is 2.26. The molecule has 0 unspecified atom stereocenters. The molecule has 1 saturated carbocycles. The largest absolute Gasteiger partial charge is 0.366 e. The van der Waals surface area contributed by atoms with Crippen LogP contribution in [0.1, 0.15) is 18.5 Å². The predicted molar refractivity (Wildman–Crippen MR) is 52.6 cm³/mol. The van der Waals surface area contributed by atoms with Crippen LogP contribution < -0.4 is 10.6 Å². The molecule has 0 amide bonds. The van der Waals surface area contributed by atoms with E-state index in [0.29, 0.717) is 6.04 Å². The minimum absolute atomic E-state index is 0.678. The van der Waals surface area contributed by atoms with Gasteiger partial charge < -0.3 is 10.6 Å². The Balaban J connectivity index is 2.04. The molecule has 2 rings (SSSR count). The smallest absolute Gasteiger partial charge is 0.148 e. The molecule has 72 valence electrons. The van der Waals surface area contributed by atoms with Gasteiger partial charge in [-0.3, -0.25) is 4.68 Å². The highest BCUT2D eigenvalue weighted by molar-refractivity contribution is 5.38. The number of aromatic nitrogens is 2. The third-order valence-electron chi connectivity index (χ3n) is 2.26. The Labute approximate surface area is 78.3 Å². The molecule has 0 saturated heterocycles. The molecule has 0 aliphatic heterocycles. The highest BCUT2D eigenvalue weighted by atomic mass is 15.3. The minimum Gasteiger partial charge on any atom is -0.366 e. The van der Waals surface area contributed by atoms with Gasteiger partial charge >= 0.3 is 0 Å². The summed E-state index contributed by atoms with van der Waals surface area (Å²) in [6, 6.07) is 2.78. The van der Waals surface area contributed by atoms with Gasteiger partial charge in [0.2, 0.25) is 0 Å². The zero-order valence-electron chi connectivity index (χ0n) is 8.17. The van der Waals surface area contributed by atoms with E-state index >= 15 is 0 Å². The number of anilines is 1. The third kappa shape index (κ3) is 2.01. The summed E-state index contributed by atoms with van der Waals surface area (Å²) in [7, 11) is 3.92. The van der Waals surface area contributed by atoms with Gasteiger partial charge in [-0.15, -0.1) is 0 Å². The summed E-state index contributed by atoms with van der Waals surface area (Å²) in [5.41, 5.74) is 1.21. The van der Waals surface area contributed by atoms with Crippen molar-refractivity contribution in [3.63, 3.8) is 0 Å². The molecule has 1 aliphatic carbocycles. The summed E-state index contributed by atoms with van der Waals surface area (Å²) in [5.74, 6) is 1.01. The fourth-order valence-corrected chi connectivity index (χ4v) is 1.36. The van der Waals surface area contributed by atoms with E-state index in [1.807, 2.05) is 18.8 Å². The lowest BCUT2D eigenvalue weighted by Crippen LogP contribution is -2.09. The van der Waals surface area contributed by atoms with Crippen molar-refractivity contribution < 1.29 is 0 Å². The van der Waals surface area contributed by atoms with Crippen molar-refractivity contribution in [2.24, 2.45) is 7.05 Å². The van der Waals surface area contributed by atoms with Crippen molar-refractivity contribution in [3.05, 3.63) is 11.8 Å². The van der Waals surface area contributed by atoms with Gasteiger partial charge in [-0.2, -0.15) is 5.10 Å². The van der Waals surface area contributed by atoms with Gasteiger partial charge in [-0.25, -0.2) is 0 Å². The first kappa shape index (κ1) is 8.56. The Bertz CT molecular complexity index is 288. The van der Waals surface area contributed by atoms with Gasteiger partial charge in [-0.05, 0) is 19.9 Å². The Hall–Kier alpha value is -1.03. The van der Waals surface area contributed by atoms with Crippen LogP contribution in [0.3, 0.4) is 0 Å². The summed E-state index contributed by atoms with van der Waals surface area (Å²) in [6.07, 6.45) is 2.58. The summed E-state index contributed by atoms with van der Waals surface area (Å²) in [6.45, 7) is 0.871. The van der Waals surface area contributed by atoms with E-state index in [4.69, 9.17) is 0 Å². The molecule has 0 spiro atoms. The zero-order chi connectivity index (χ0) is 9.26. The van der Waals surface area contributed by atoms with Crippen LogP contribution in [0.15, 0.2) is 6.07 Å². The number of hydrogen-bond donors (Lipinski definition) is 2. The van der Waals surface area contributed by atoms with E-state index in [0.717, 1.165) is 12.4 Å². The van der Waals surface area contributed by atoms with E-state index in [1.54, 1.807) is 0 Å². The molecular weight excluding hydrogens is 164 g/mol. The highest BCUT2D eigenvalue weighted by Gasteiger charge is 2.21. The first-order chi connectivity index (χ1) is 6.29. The lowest BCUT2D eigenvalue weighted by Gasteiger charge is -1.97. The van der Waals surface area contributed by atoms with Gasteiger partial charge in [0.1, 0.15) is 5.82 Å². The van der Waals surface area contributed by atoms with E-state index in [9.17, 15) is 0 Å². The Kier molecular flexibility index (Phi) is 2.22. The van der Waals surface area contributed by atoms with Crippen molar-refractivity contribution in [2.45, 2.75) is 25.4 Å². The number of nitrogens with one attached hydrogen (secondary N) is 2. The average Bonchev–Trinajstić information content (AvgIpc) is 2.81. The van der Waals surface area contributed by atoms with Gasteiger partial charge in [0.25, 0.3) is 0 Å². The normalized spacial score (nSPS) is 16.2. The molecule has 0 atom stereocenters. The zero-order valence-corrected chi connectivity index (χ0v) is 8.17. The highest BCUT2D eigenvalue weighted by Crippen LogP contribution is 2.24. The van der Waals surface area contributed by atoms with Crippen molar-refractivity contribution in [1.82, 2.24) is 15.1 Å². The number of aryl methyl sites for hydroxylation is 1. The standard InChI is InChI=1S/C9H16N4/c1-10-6-8-5-9(12-13(8)2)11-7-3-4-7/h5,7,10H,3-4,6H2,1-2H3,(H,11,12). The maximum absolute atomic E-state index is 4.37. The van der Waals surface area contributed by atoms with Gasteiger partial charge in [0, 0.05) is 25.7 Å². The second kappa shape index (κ2) is 3.38. The second-order valence-electron chi connectivity index (χ2n) is 3.59. The van der Waals surface area contributed by atoms with Crippen LogP contribution in [-0.2, 0) is 13.6 Å². The van der Waals surface area contributed by atoms with Crippen molar-refractivity contribution in [3.8, 4) is 0 Å². The molecule has 1 fully saturated rings. The summed E-state index contributed by atoms with van der Waals surface area (Å²) >= 11 is 0. The molecule has 0 bridgehead atoms. The SMILES string of the molecule is CNCc1cc(NC2CC2)nn1C. The number of hydrogen-bond acceptors (Lipinski definition) is 3. The van der Waals surface area contributed by atoms with Gasteiger partial charge in [0.05, 0.1) is 5.69 Å². The summed E-state index contributed by atoms with van der Waals surface area (Å²) in [5, 5.41) is 10.9. The molecule has 13 heavy (non-hydrogen) atoms. The Morgan fingerprint density at radius 2 is 2.38 bits per heavy atom. The van der Waals surface area contributed by atoms with Crippen LogP contribution in [0.2, 0.25) is 0 Å². The van der Waals surface area contributed by atoms with Crippen molar-refractivity contribution in [1.29, 1.82) is 0 Å². The predicted octanol–water partition coefficient (Wildman–Crippen LogP) is 0.714. The monoisotopic (exact) mass is 180 g/mol. The molecule has 1 heterocycles. The summed E-state index contributed by atoms with van der Waals surface area (Å²) in [4.78, 5) is 0. The van der Waals surface area contributed by atoms with Crippen molar-refractivity contribution in [2.75, 3.05) is 12.4 Å². The molecule has 4 nitrogen and oxygen atoms in total. The topological polar surface area (TPSA) is 41.9 Å². The number of nitrogens with zero attached hydrogens (tertiary/aromatic N) is 2. The Morgan fingerprint density at radius 3 is 3.00 bits per heavy atom.